The number of rotatable bonds is 0. The maximum Gasteiger partial charge on any atom is 0.404 e. The molecule has 0 aromatic rings. The molecule has 1 atom stereocenters. The Hall–Kier alpha value is 0.480. The van der Waals surface area contributed by atoms with E-state index < -0.39 is 12.2 Å². The van der Waals surface area contributed by atoms with Crippen LogP contribution in [0.3, 0.4) is 0 Å². The summed E-state index contributed by atoms with van der Waals surface area (Å²) >= 11 is 1.73. The highest BCUT2D eigenvalue weighted by Crippen LogP contribution is 2.34. The molecule has 0 aliphatic carbocycles. The Morgan fingerprint density at radius 3 is 2.20 bits per heavy atom. The molecule has 0 aromatic heterocycles. The smallest absolute Gasteiger partial charge is 0.235 e. The van der Waals surface area contributed by atoms with E-state index >= 15 is 0 Å². The van der Waals surface area contributed by atoms with Crippen LogP contribution in [0, 0.1) is 0 Å². The average Bonchev–Trinajstić information content (AvgIpc) is 2.11. The summed E-state index contributed by atoms with van der Waals surface area (Å²) < 4.78 is 37.2. The third kappa shape index (κ3) is 1.75. The summed E-state index contributed by atoms with van der Waals surface area (Å²) in [4.78, 5) is 0. The highest BCUT2D eigenvalue weighted by molar-refractivity contribution is 14.1. The Balaban J connectivity index is 2.55. The minimum absolute atomic E-state index is 0.256. The van der Waals surface area contributed by atoms with E-state index in [1.54, 1.807) is 22.9 Å². The Morgan fingerprint density at radius 1 is 1.40 bits per heavy atom. The minimum Gasteiger partial charge on any atom is -0.235 e. The molecule has 1 nitrogen and oxygen atoms in total. The molecule has 1 aliphatic rings. The van der Waals surface area contributed by atoms with Gasteiger partial charge in [-0.25, -0.2) is 3.11 Å². The molecule has 0 radical (unpaired) electrons. The zero-order chi connectivity index (χ0) is 7.78. The van der Waals surface area contributed by atoms with E-state index in [2.05, 4.69) is 0 Å². The fourth-order valence-corrected chi connectivity index (χ4v) is 1.99. The fourth-order valence-electron chi connectivity index (χ4n) is 1.05. The summed E-state index contributed by atoms with van der Waals surface area (Å²) in [5.74, 6) is 0. The second-order valence-corrected chi connectivity index (χ2v) is 3.56. The molecule has 1 aliphatic heterocycles. The van der Waals surface area contributed by atoms with Gasteiger partial charge < -0.3 is 0 Å². The molecule has 1 saturated heterocycles. The second-order valence-electron chi connectivity index (χ2n) is 2.32. The first-order chi connectivity index (χ1) is 4.52. The molecule has 5 heteroatoms. The SMILES string of the molecule is FC(F)(F)C1CCCN1I. The average molecular weight is 265 g/mol. The van der Waals surface area contributed by atoms with Gasteiger partial charge in [-0.3, -0.25) is 0 Å². The second kappa shape index (κ2) is 2.84. The predicted octanol–water partition coefficient (Wildman–Crippen LogP) is 2.36. The first kappa shape index (κ1) is 8.58. The standard InChI is InChI=1S/C5H7F3IN/c6-5(7,8)4-2-1-3-10(4)9/h4H,1-3H2. The van der Waals surface area contributed by atoms with E-state index in [-0.39, 0.29) is 6.42 Å². The lowest BCUT2D eigenvalue weighted by atomic mass is 10.2. The van der Waals surface area contributed by atoms with E-state index in [0.717, 1.165) is 0 Å². The Labute approximate surface area is 71.1 Å². The number of hydrogen-bond donors (Lipinski definition) is 0. The van der Waals surface area contributed by atoms with Crippen LogP contribution in [-0.2, 0) is 0 Å². The molecule has 0 saturated carbocycles. The van der Waals surface area contributed by atoms with Crippen LogP contribution >= 0.6 is 22.9 Å². The van der Waals surface area contributed by atoms with Crippen LogP contribution in [0.5, 0.6) is 0 Å². The highest BCUT2D eigenvalue weighted by Gasteiger charge is 2.45. The zero-order valence-electron chi connectivity index (χ0n) is 5.16. The van der Waals surface area contributed by atoms with Gasteiger partial charge in [0.15, 0.2) is 0 Å². The van der Waals surface area contributed by atoms with Crippen molar-refractivity contribution in [2.24, 2.45) is 0 Å². The van der Waals surface area contributed by atoms with Crippen molar-refractivity contribution in [2.45, 2.75) is 25.1 Å². The molecule has 0 N–H and O–H groups in total. The van der Waals surface area contributed by atoms with Crippen LogP contribution in [0.2, 0.25) is 0 Å². The van der Waals surface area contributed by atoms with E-state index in [0.29, 0.717) is 13.0 Å². The topological polar surface area (TPSA) is 3.24 Å². The van der Waals surface area contributed by atoms with Crippen LogP contribution in [0.1, 0.15) is 12.8 Å². The van der Waals surface area contributed by atoms with Crippen molar-refractivity contribution in [3.63, 3.8) is 0 Å². The van der Waals surface area contributed by atoms with Crippen LogP contribution in [0.25, 0.3) is 0 Å². The predicted molar refractivity (Wildman–Crippen MR) is 39.8 cm³/mol. The van der Waals surface area contributed by atoms with Crippen molar-refractivity contribution in [2.75, 3.05) is 6.54 Å². The Bertz CT molecular complexity index is 125. The summed E-state index contributed by atoms with van der Waals surface area (Å²) in [6.07, 6.45) is -3.11. The van der Waals surface area contributed by atoms with Crippen LogP contribution in [0.4, 0.5) is 13.2 Å². The lowest BCUT2D eigenvalue weighted by molar-refractivity contribution is -0.161. The van der Waals surface area contributed by atoms with Gasteiger partial charge in [0, 0.05) is 29.4 Å². The molecule has 0 spiro atoms. The van der Waals surface area contributed by atoms with Crippen molar-refractivity contribution in [3.8, 4) is 0 Å². The molecule has 1 heterocycles. The molecule has 0 bridgehead atoms. The Kier molecular flexibility index (Phi) is 2.44. The lowest BCUT2D eigenvalue weighted by Gasteiger charge is -2.19. The molecule has 1 rings (SSSR count). The molecular formula is C5H7F3IN. The quantitative estimate of drug-likeness (QED) is 0.480. The first-order valence-corrected chi connectivity index (χ1v) is 3.97. The fraction of sp³-hybridized carbons (Fsp3) is 1.00. The van der Waals surface area contributed by atoms with Crippen molar-refractivity contribution in [3.05, 3.63) is 0 Å². The largest absolute Gasteiger partial charge is 0.404 e. The highest BCUT2D eigenvalue weighted by atomic mass is 127. The third-order valence-electron chi connectivity index (χ3n) is 1.57. The van der Waals surface area contributed by atoms with Gasteiger partial charge in [0.25, 0.3) is 0 Å². The third-order valence-corrected chi connectivity index (χ3v) is 2.72. The molecule has 1 fully saturated rings. The van der Waals surface area contributed by atoms with Gasteiger partial charge >= 0.3 is 6.18 Å². The van der Waals surface area contributed by atoms with E-state index in [1.165, 1.54) is 3.11 Å². The van der Waals surface area contributed by atoms with Gasteiger partial charge in [0.1, 0.15) is 6.04 Å². The lowest BCUT2D eigenvalue weighted by Crippen LogP contribution is -2.35. The molecular weight excluding hydrogens is 258 g/mol. The summed E-state index contributed by atoms with van der Waals surface area (Å²) in [5, 5.41) is 0. The minimum atomic E-state index is -4.03. The van der Waals surface area contributed by atoms with Crippen molar-refractivity contribution >= 4 is 22.9 Å². The number of halogens is 4. The number of nitrogens with zero attached hydrogens (tertiary/aromatic N) is 1. The monoisotopic (exact) mass is 265 g/mol. The van der Waals surface area contributed by atoms with Crippen molar-refractivity contribution in [1.82, 2.24) is 3.11 Å². The molecule has 10 heavy (non-hydrogen) atoms. The Morgan fingerprint density at radius 2 is 2.00 bits per heavy atom. The summed E-state index contributed by atoms with van der Waals surface area (Å²) in [6, 6.07) is -1.20. The normalized spacial score (nSPS) is 29.4. The van der Waals surface area contributed by atoms with Crippen LogP contribution in [0.15, 0.2) is 0 Å². The van der Waals surface area contributed by atoms with E-state index in [1.807, 2.05) is 0 Å². The summed E-state index contributed by atoms with van der Waals surface area (Å²) in [5.41, 5.74) is 0. The van der Waals surface area contributed by atoms with E-state index in [4.69, 9.17) is 0 Å². The molecule has 0 aromatic carbocycles. The van der Waals surface area contributed by atoms with Gasteiger partial charge in [-0.1, -0.05) is 0 Å². The molecule has 60 valence electrons. The van der Waals surface area contributed by atoms with E-state index in [9.17, 15) is 13.2 Å². The number of hydrogen-bond acceptors (Lipinski definition) is 1. The van der Waals surface area contributed by atoms with Gasteiger partial charge in [0.2, 0.25) is 0 Å². The van der Waals surface area contributed by atoms with Gasteiger partial charge in [-0.05, 0) is 12.8 Å². The zero-order valence-corrected chi connectivity index (χ0v) is 7.32. The maximum absolute atomic E-state index is 12.0. The first-order valence-electron chi connectivity index (χ1n) is 3.01. The summed E-state index contributed by atoms with van der Waals surface area (Å²) in [6.45, 7) is 0.560. The van der Waals surface area contributed by atoms with Gasteiger partial charge in [0.05, 0.1) is 0 Å². The van der Waals surface area contributed by atoms with Gasteiger partial charge in [-0.2, -0.15) is 13.2 Å². The maximum atomic E-state index is 12.0. The van der Waals surface area contributed by atoms with Crippen LogP contribution < -0.4 is 0 Å². The summed E-state index contributed by atoms with van der Waals surface area (Å²) in [7, 11) is 0. The molecule has 1 unspecified atom stereocenters. The molecule has 0 amide bonds. The number of alkyl halides is 3. The van der Waals surface area contributed by atoms with Gasteiger partial charge in [-0.15, -0.1) is 0 Å². The van der Waals surface area contributed by atoms with Crippen molar-refractivity contribution in [1.29, 1.82) is 0 Å². The van der Waals surface area contributed by atoms with Crippen molar-refractivity contribution < 1.29 is 13.2 Å². The van der Waals surface area contributed by atoms with Crippen LogP contribution in [-0.4, -0.2) is 21.9 Å².